The van der Waals surface area contributed by atoms with Crippen molar-refractivity contribution in [3.05, 3.63) is 65.7 Å². The summed E-state index contributed by atoms with van der Waals surface area (Å²) in [6, 6.07) is 17.5. The average molecular weight is 528 g/mol. The van der Waals surface area contributed by atoms with Gasteiger partial charge in [0.15, 0.2) is 5.96 Å². The van der Waals surface area contributed by atoms with Gasteiger partial charge in [0.05, 0.1) is 11.4 Å². The number of aliphatic imine (C=N–C) groups is 1. The third-order valence-corrected chi connectivity index (χ3v) is 6.39. The van der Waals surface area contributed by atoms with Gasteiger partial charge in [-0.25, -0.2) is 18.1 Å². The van der Waals surface area contributed by atoms with Gasteiger partial charge in [-0.15, -0.1) is 24.0 Å². The van der Waals surface area contributed by atoms with E-state index in [0.717, 1.165) is 37.6 Å². The standard InChI is InChI=1S/C21H28N4O2S.HI/c1-3-23-21(25-13-12-19(16-25)18-9-5-4-6-10-18)24-15-17-8-7-11-20(14-17)28(26,27)22-2;/h4-11,14,19,22H,3,12-13,15-16H2,1-2H3,(H,23,24);1H. The lowest BCUT2D eigenvalue weighted by Gasteiger charge is -2.22. The highest BCUT2D eigenvalue weighted by atomic mass is 127. The lowest BCUT2D eigenvalue weighted by Crippen LogP contribution is -2.40. The molecule has 0 aromatic heterocycles. The summed E-state index contributed by atoms with van der Waals surface area (Å²) in [5.41, 5.74) is 2.23. The topological polar surface area (TPSA) is 73.8 Å². The quantitative estimate of drug-likeness (QED) is 0.343. The second-order valence-corrected chi connectivity index (χ2v) is 8.75. The van der Waals surface area contributed by atoms with Gasteiger partial charge >= 0.3 is 0 Å². The Hall–Kier alpha value is -1.65. The summed E-state index contributed by atoms with van der Waals surface area (Å²) < 4.78 is 26.4. The van der Waals surface area contributed by atoms with Crippen molar-refractivity contribution in [3.63, 3.8) is 0 Å². The number of likely N-dealkylation sites (tertiary alicyclic amines) is 1. The van der Waals surface area contributed by atoms with Gasteiger partial charge in [0, 0.05) is 25.6 Å². The Bertz CT molecular complexity index is 919. The minimum Gasteiger partial charge on any atom is -0.357 e. The zero-order valence-corrected chi connectivity index (χ0v) is 20.0. The molecule has 1 saturated heterocycles. The summed E-state index contributed by atoms with van der Waals surface area (Å²) in [4.78, 5) is 7.31. The van der Waals surface area contributed by atoms with Crippen LogP contribution in [0.4, 0.5) is 0 Å². The van der Waals surface area contributed by atoms with Gasteiger partial charge in [-0.1, -0.05) is 42.5 Å². The van der Waals surface area contributed by atoms with Crippen LogP contribution < -0.4 is 10.0 Å². The van der Waals surface area contributed by atoms with Crippen LogP contribution in [-0.2, 0) is 16.6 Å². The third kappa shape index (κ3) is 6.16. The van der Waals surface area contributed by atoms with Gasteiger partial charge in [0.1, 0.15) is 0 Å². The van der Waals surface area contributed by atoms with E-state index in [1.807, 2.05) is 12.1 Å². The van der Waals surface area contributed by atoms with Crippen LogP contribution in [0.15, 0.2) is 64.5 Å². The predicted molar refractivity (Wildman–Crippen MR) is 128 cm³/mol. The van der Waals surface area contributed by atoms with Crippen LogP contribution in [0, 0.1) is 0 Å². The van der Waals surface area contributed by atoms with Crippen molar-refractivity contribution in [2.45, 2.75) is 30.7 Å². The second-order valence-electron chi connectivity index (χ2n) is 6.87. The Morgan fingerprint density at radius 1 is 1.17 bits per heavy atom. The van der Waals surface area contributed by atoms with Crippen molar-refractivity contribution in [1.29, 1.82) is 0 Å². The Labute approximate surface area is 190 Å². The minimum atomic E-state index is -3.45. The van der Waals surface area contributed by atoms with Crippen molar-refractivity contribution in [2.24, 2.45) is 4.99 Å². The van der Waals surface area contributed by atoms with Crippen LogP contribution in [-0.4, -0.2) is 46.0 Å². The van der Waals surface area contributed by atoms with Crippen molar-refractivity contribution in [1.82, 2.24) is 14.9 Å². The molecule has 1 fully saturated rings. The first kappa shape index (κ1) is 23.6. The Morgan fingerprint density at radius 3 is 2.62 bits per heavy atom. The molecule has 0 bridgehead atoms. The molecule has 0 aliphatic carbocycles. The van der Waals surface area contributed by atoms with E-state index in [4.69, 9.17) is 4.99 Å². The first-order valence-electron chi connectivity index (χ1n) is 9.64. The lowest BCUT2D eigenvalue weighted by molar-refractivity contribution is 0.486. The maximum Gasteiger partial charge on any atom is 0.240 e. The number of benzene rings is 2. The smallest absolute Gasteiger partial charge is 0.240 e. The third-order valence-electron chi connectivity index (χ3n) is 4.98. The molecule has 158 valence electrons. The number of sulfonamides is 1. The highest BCUT2D eigenvalue weighted by Gasteiger charge is 2.25. The normalized spacial score (nSPS) is 17.1. The molecule has 2 aromatic rings. The van der Waals surface area contributed by atoms with E-state index in [1.54, 1.807) is 18.2 Å². The molecule has 1 aliphatic heterocycles. The maximum atomic E-state index is 12.0. The van der Waals surface area contributed by atoms with Crippen molar-refractivity contribution in [2.75, 3.05) is 26.7 Å². The molecule has 6 nitrogen and oxygen atoms in total. The number of hydrogen-bond donors (Lipinski definition) is 2. The Kier molecular flexibility index (Phi) is 8.91. The van der Waals surface area contributed by atoms with Crippen LogP contribution in [0.2, 0.25) is 0 Å². The fraction of sp³-hybridized carbons (Fsp3) is 0.381. The van der Waals surface area contributed by atoms with Crippen LogP contribution in [0.3, 0.4) is 0 Å². The van der Waals surface area contributed by atoms with Gasteiger partial charge in [-0.3, -0.25) is 0 Å². The second kappa shape index (κ2) is 10.9. The van der Waals surface area contributed by atoms with Gasteiger partial charge in [-0.05, 0) is 43.7 Å². The molecule has 0 spiro atoms. The van der Waals surface area contributed by atoms with Crippen LogP contribution in [0.25, 0.3) is 0 Å². The molecule has 1 unspecified atom stereocenters. The van der Waals surface area contributed by atoms with Gasteiger partial charge in [-0.2, -0.15) is 0 Å². The monoisotopic (exact) mass is 528 g/mol. The molecule has 1 atom stereocenters. The summed E-state index contributed by atoms with van der Waals surface area (Å²) in [6.45, 7) is 5.17. The van der Waals surface area contributed by atoms with Crippen molar-refractivity contribution in [3.8, 4) is 0 Å². The number of nitrogens with zero attached hydrogens (tertiary/aromatic N) is 2. The molecule has 1 aliphatic rings. The molecular weight excluding hydrogens is 499 g/mol. The Balaban J connectivity index is 0.00000300. The summed E-state index contributed by atoms with van der Waals surface area (Å²) in [7, 11) is -2.03. The number of nitrogens with one attached hydrogen (secondary N) is 2. The number of rotatable bonds is 6. The maximum absolute atomic E-state index is 12.0. The Morgan fingerprint density at radius 2 is 1.93 bits per heavy atom. The van der Waals surface area contributed by atoms with E-state index in [0.29, 0.717) is 12.5 Å². The molecule has 3 rings (SSSR count). The SMILES string of the molecule is CCNC(=NCc1cccc(S(=O)(=O)NC)c1)N1CCC(c2ccccc2)C1.I. The first-order chi connectivity index (χ1) is 13.5. The molecule has 0 saturated carbocycles. The van der Waals surface area contributed by atoms with Gasteiger partial charge in [0.25, 0.3) is 0 Å². The summed E-state index contributed by atoms with van der Waals surface area (Å²) in [6.07, 6.45) is 1.10. The zero-order chi connectivity index (χ0) is 20.0. The molecule has 29 heavy (non-hydrogen) atoms. The highest BCUT2D eigenvalue weighted by molar-refractivity contribution is 14.0. The number of guanidine groups is 1. The molecule has 8 heteroatoms. The van der Waals surface area contributed by atoms with E-state index in [-0.39, 0.29) is 28.9 Å². The molecule has 2 aromatic carbocycles. The number of halogens is 1. The molecule has 0 amide bonds. The van der Waals surface area contributed by atoms with Gasteiger partial charge < -0.3 is 10.2 Å². The summed E-state index contributed by atoms with van der Waals surface area (Å²) in [5.74, 6) is 1.39. The zero-order valence-electron chi connectivity index (χ0n) is 16.8. The summed E-state index contributed by atoms with van der Waals surface area (Å²) in [5, 5.41) is 3.37. The van der Waals surface area contributed by atoms with E-state index in [1.165, 1.54) is 12.6 Å². The molecule has 2 N–H and O–H groups in total. The minimum absolute atomic E-state index is 0. The van der Waals surface area contributed by atoms with Gasteiger partial charge in [0.2, 0.25) is 10.0 Å². The fourth-order valence-electron chi connectivity index (χ4n) is 3.47. The first-order valence-corrected chi connectivity index (χ1v) is 11.1. The van der Waals surface area contributed by atoms with E-state index >= 15 is 0 Å². The predicted octanol–water partition coefficient (Wildman–Crippen LogP) is 3.17. The largest absolute Gasteiger partial charge is 0.357 e. The molecule has 0 radical (unpaired) electrons. The van der Waals surface area contributed by atoms with Crippen LogP contribution in [0.1, 0.15) is 30.4 Å². The fourth-order valence-corrected chi connectivity index (χ4v) is 4.27. The number of hydrogen-bond acceptors (Lipinski definition) is 3. The van der Waals surface area contributed by atoms with E-state index in [9.17, 15) is 8.42 Å². The molecular formula is C21H29IN4O2S. The van der Waals surface area contributed by atoms with E-state index in [2.05, 4.69) is 46.1 Å². The average Bonchev–Trinajstić information content (AvgIpc) is 3.22. The van der Waals surface area contributed by atoms with Crippen LogP contribution in [0.5, 0.6) is 0 Å². The van der Waals surface area contributed by atoms with Crippen molar-refractivity contribution >= 4 is 40.0 Å². The lowest BCUT2D eigenvalue weighted by atomic mass is 9.99. The van der Waals surface area contributed by atoms with Crippen molar-refractivity contribution < 1.29 is 8.42 Å². The molecule has 1 heterocycles. The summed E-state index contributed by atoms with van der Waals surface area (Å²) >= 11 is 0. The van der Waals surface area contributed by atoms with E-state index < -0.39 is 10.0 Å². The van der Waals surface area contributed by atoms with Crippen LogP contribution >= 0.6 is 24.0 Å². The highest BCUT2D eigenvalue weighted by Crippen LogP contribution is 2.27.